The summed E-state index contributed by atoms with van der Waals surface area (Å²) in [5, 5.41) is 22.9. The number of pyridine rings is 1. The van der Waals surface area contributed by atoms with Gasteiger partial charge in [0, 0.05) is 18.1 Å². The summed E-state index contributed by atoms with van der Waals surface area (Å²) < 4.78 is 26.3. The molecule has 1 atom stereocenters. The highest BCUT2D eigenvalue weighted by Crippen LogP contribution is 2.32. The molecule has 0 aliphatic heterocycles. The van der Waals surface area contributed by atoms with Gasteiger partial charge in [0.2, 0.25) is 15.5 Å². The third-order valence-corrected chi connectivity index (χ3v) is 5.96. The van der Waals surface area contributed by atoms with Gasteiger partial charge in [-0.05, 0) is 35.7 Å². The number of carboxylic acids is 1. The number of primary sulfonamides is 1. The van der Waals surface area contributed by atoms with Gasteiger partial charge in [0.1, 0.15) is 10.8 Å². The number of aromatic carboxylic acids is 1. The van der Waals surface area contributed by atoms with Crippen molar-refractivity contribution in [3.05, 3.63) is 81.1 Å². The molecule has 8 nitrogen and oxygen atoms in total. The van der Waals surface area contributed by atoms with Crippen LogP contribution in [0.2, 0.25) is 0 Å². The number of carboxylic acid groups (broad SMARTS) is 1. The number of hydrogen-bond acceptors (Lipinski definition) is 5. The van der Waals surface area contributed by atoms with E-state index in [2.05, 4.69) is 0 Å². The van der Waals surface area contributed by atoms with Gasteiger partial charge in [-0.1, -0.05) is 30.3 Å². The van der Waals surface area contributed by atoms with Crippen molar-refractivity contribution in [2.75, 3.05) is 6.61 Å². The van der Waals surface area contributed by atoms with Crippen molar-refractivity contribution >= 4 is 26.9 Å². The lowest BCUT2D eigenvalue weighted by Crippen LogP contribution is -2.24. The topological polar surface area (TPSA) is 140 Å². The molecule has 1 aromatic heterocycles. The Hall–Kier alpha value is -3.01. The van der Waals surface area contributed by atoms with Crippen LogP contribution in [0.1, 0.15) is 32.3 Å². The number of aliphatic hydroxyl groups excluding tert-OH is 1. The van der Waals surface area contributed by atoms with Crippen LogP contribution in [0.4, 0.5) is 0 Å². The number of aryl methyl sites for hydroxylation is 1. The molecule has 4 N–H and O–H groups in total. The summed E-state index contributed by atoms with van der Waals surface area (Å²) in [5.41, 5.74) is 0.621. The van der Waals surface area contributed by atoms with Crippen molar-refractivity contribution in [3.8, 4) is 0 Å². The molecule has 0 saturated carbocycles. The monoisotopic (exact) mass is 416 g/mol. The molecule has 152 valence electrons. The van der Waals surface area contributed by atoms with Crippen LogP contribution < -0.4 is 10.6 Å². The molecule has 0 bridgehead atoms. The van der Waals surface area contributed by atoms with E-state index in [4.69, 9.17) is 5.14 Å². The highest BCUT2D eigenvalue weighted by Gasteiger charge is 2.28. The summed E-state index contributed by atoms with van der Waals surface area (Å²) in [6, 6.07) is 11.3. The van der Waals surface area contributed by atoms with Gasteiger partial charge >= 0.3 is 5.97 Å². The minimum absolute atomic E-state index is 0.0399. The lowest BCUT2D eigenvalue weighted by atomic mass is 9.98. The molecule has 3 aromatic rings. The first-order valence-corrected chi connectivity index (χ1v) is 10.3. The minimum Gasteiger partial charge on any atom is -0.477 e. The standard InChI is InChI=1S/C20H20N2O6S/c1-12-4-2-3-5-14(12)19(29(21,27)28)13-6-7-17-15(10-13)18(24)16(20(25)26)11-22(17)8-9-23/h2-7,10-11,19,23H,8-9H2,1H3,(H,25,26)(H2,21,27,28). The molecular weight excluding hydrogens is 396 g/mol. The zero-order valence-electron chi connectivity index (χ0n) is 15.6. The number of nitrogens with zero attached hydrogens (tertiary/aromatic N) is 1. The van der Waals surface area contributed by atoms with E-state index >= 15 is 0 Å². The fraction of sp³-hybridized carbons (Fsp3) is 0.200. The van der Waals surface area contributed by atoms with Gasteiger partial charge in [0.15, 0.2) is 0 Å². The number of carbonyl (C=O) groups is 1. The van der Waals surface area contributed by atoms with Gasteiger partial charge in [0.05, 0.1) is 12.1 Å². The van der Waals surface area contributed by atoms with E-state index in [0.717, 1.165) is 0 Å². The van der Waals surface area contributed by atoms with Gasteiger partial charge in [0.25, 0.3) is 0 Å². The zero-order chi connectivity index (χ0) is 21.3. The van der Waals surface area contributed by atoms with Gasteiger partial charge in [-0.3, -0.25) is 4.79 Å². The number of aliphatic hydroxyl groups is 1. The third-order valence-electron chi connectivity index (χ3n) is 4.78. The Bertz CT molecular complexity index is 1260. The number of aromatic nitrogens is 1. The van der Waals surface area contributed by atoms with Gasteiger partial charge in [-0.2, -0.15) is 0 Å². The second kappa shape index (κ2) is 7.78. The van der Waals surface area contributed by atoms with Gasteiger partial charge < -0.3 is 14.8 Å². The molecule has 0 aliphatic rings. The van der Waals surface area contributed by atoms with Crippen LogP contribution >= 0.6 is 0 Å². The van der Waals surface area contributed by atoms with Crippen molar-refractivity contribution < 1.29 is 23.4 Å². The second-order valence-electron chi connectivity index (χ2n) is 6.70. The molecule has 1 heterocycles. The molecule has 0 radical (unpaired) electrons. The normalized spacial score (nSPS) is 12.8. The molecule has 2 aromatic carbocycles. The van der Waals surface area contributed by atoms with E-state index in [1.54, 1.807) is 31.2 Å². The summed E-state index contributed by atoms with van der Waals surface area (Å²) in [6.07, 6.45) is 1.17. The van der Waals surface area contributed by atoms with E-state index in [-0.39, 0.29) is 24.1 Å². The molecular formula is C20H20N2O6S. The van der Waals surface area contributed by atoms with Crippen molar-refractivity contribution in [1.82, 2.24) is 4.57 Å². The van der Waals surface area contributed by atoms with E-state index in [1.165, 1.54) is 29.0 Å². The molecule has 0 amide bonds. The summed E-state index contributed by atoms with van der Waals surface area (Å²) in [7, 11) is -4.09. The summed E-state index contributed by atoms with van der Waals surface area (Å²) in [5.74, 6) is -1.41. The lowest BCUT2D eigenvalue weighted by molar-refractivity contribution is 0.0694. The molecule has 0 saturated heterocycles. The maximum atomic E-state index is 12.7. The Morgan fingerprint density at radius 3 is 2.48 bits per heavy atom. The van der Waals surface area contributed by atoms with Crippen molar-refractivity contribution in [2.45, 2.75) is 18.7 Å². The van der Waals surface area contributed by atoms with Gasteiger partial charge in [-0.25, -0.2) is 18.4 Å². The molecule has 29 heavy (non-hydrogen) atoms. The quantitative estimate of drug-likeness (QED) is 0.555. The fourth-order valence-corrected chi connectivity index (χ4v) is 4.59. The highest BCUT2D eigenvalue weighted by atomic mass is 32.2. The Morgan fingerprint density at radius 1 is 1.21 bits per heavy atom. The average Bonchev–Trinajstić information content (AvgIpc) is 2.64. The van der Waals surface area contributed by atoms with Crippen LogP contribution in [-0.4, -0.2) is 35.8 Å². The van der Waals surface area contributed by atoms with Crippen molar-refractivity contribution in [3.63, 3.8) is 0 Å². The van der Waals surface area contributed by atoms with Crippen molar-refractivity contribution in [2.24, 2.45) is 5.14 Å². The Kier molecular flexibility index (Phi) is 5.56. The van der Waals surface area contributed by atoms with E-state index in [0.29, 0.717) is 16.6 Å². The van der Waals surface area contributed by atoms with Crippen LogP contribution in [0.5, 0.6) is 0 Å². The van der Waals surface area contributed by atoms with Crippen LogP contribution in [0.3, 0.4) is 0 Å². The largest absolute Gasteiger partial charge is 0.477 e. The Morgan fingerprint density at radius 2 is 1.90 bits per heavy atom. The highest BCUT2D eigenvalue weighted by molar-refractivity contribution is 7.89. The van der Waals surface area contributed by atoms with E-state index in [9.17, 15) is 28.2 Å². The molecule has 0 aliphatic carbocycles. The number of fused-ring (bicyclic) bond motifs is 1. The summed E-state index contributed by atoms with van der Waals surface area (Å²) in [6.45, 7) is 1.57. The maximum absolute atomic E-state index is 12.7. The molecule has 0 fully saturated rings. The van der Waals surface area contributed by atoms with Crippen LogP contribution in [0, 0.1) is 6.92 Å². The van der Waals surface area contributed by atoms with Crippen molar-refractivity contribution in [1.29, 1.82) is 0 Å². The maximum Gasteiger partial charge on any atom is 0.341 e. The third kappa shape index (κ3) is 3.93. The smallest absolute Gasteiger partial charge is 0.341 e. The Balaban J connectivity index is 2.35. The van der Waals surface area contributed by atoms with Crippen LogP contribution in [0.25, 0.3) is 10.9 Å². The zero-order valence-corrected chi connectivity index (χ0v) is 16.4. The number of sulfonamides is 1. The van der Waals surface area contributed by atoms with Crippen LogP contribution in [-0.2, 0) is 16.6 Å². The molecule has 9 heteroatoms. The first-order valence-electron chi connectivity index (χ1n) is 8.73. The summed E-state index contributed by atoms with van der Waals surface area (Å²) >= 11 is 0. The SMILES string of the molecule is Cc1ccccc1C(c1ccc2c(c1)c(=O)c(C(=O)O)cn2CCO)S(N)(=O)=O. The van der Waals surface area contributed by atoms with Gasteiger partial charge in [-0.15, -0.1) is 0 Å². The number of nitrogens with two attached hydrogens (primary N) is 1. The number of rotatable bonds is 6. The van der Waals surface area contributed by atoms with E-state index in [1.807, 2.05) is 0 Å². The Labute approximate surface area is 166 Å². The number of benzene rings is 2. The molecule has 0 spiro atoms. The average molecular weight is 416 g/mol. The second-order valence-corrected chi connectivity index (χ2v) is 8.35. The van der Waals surface area contributed by atoms with E-state index < -0.39 is 32.2 Å². The predicted octanol–water partition coefficient (Wildman–Crippen LogP) is 1.38. The first-order chi connectivity index (χ1) is 13.6. The van der Waals surface area contributed by atoms with Crippen LogP contribution in [0.15, 0.2) is 53.5 Å². The predicted molar refractivity (Wildman–Crippen MR) is 108 cm³/mol. The summed E-state index contributed by atoms with van der Waals surface area (Å²) in [4.78, 5) is 24.2. The lowest BCUT2D eigenvalue weighted by Gasteiger charge is -2.19. The molecule has 1 unspecified atom stereocenters. The minimum atomic E-state index is -4.09. The first kappa shape index (κ1) is 20.7. The number of hydrogen-bond donors (Lipinski definition) is 3. The fourth-order valence-electron chi connectivity index (χ4n) is 3.45. The molecule has 3 rings (SSSR count).